The average Bonchev–Trinajstić information content (AvgIpc) is 2.82. The highest BCUT2D eigenvalue weighted by molar-refractivity contribution is 5.47. The van der Waals surface area contributed by atoms with Crippen LogP contribution in [0.4, 0.5) is 24.8 Å². The summed E-state index contributed by atoms with van der Waals surface area (Å²) in [5, 5.41) is 15.3. The molecule has 1 aliphatic rings. The smallest absolute Gasteiger partial charge is 0.386 e. The lowest BCUT2D eigenvalue weighted by molar-refractivity contribution is -0.144. The first kappa shape index (κ1) is 14.8. The minimum Gasteiger partial charge on any atom is -0.386 e. The normalized spacial score (nSPS) is 22.9. The summed E-state index contributed by atoms with van der Waals surface area (Å²) in [5.41, 5.74) is -1.08. The lowest BCUT2D eigenvalue weighted by Gasteiger charge is -2.21. The SMILES string of the molecule is CNc1cc(NCC2(O)CCOC2)nc(C(F)(F)F)n1. The molecular formula is C11H15F3N4O2. The predicted octanol–water partition coefficient (Wildman–Crippen LogP) is 1.10. The van der Waals surface area contributed by atoms with Crippen molar-refractivity contribution in [2.45, 2.75) is 18.2 Å². The third-order valence-electron chi connectivity index (χ3n) is 2.92. The van der Waals surface area contributed by atoms with E-state index in [9.17, 15) is 18.3 Å². The standard InChI is InChI=1S/C11H15F3N4O2/c1-15-7-4-8(18-9(17-7)11(12,13)14)16-5-10(19)2-3-20-6-10/h4,19H,2-3,5-6H2,1H3,(H2,15,16,17,18). The predicted molar refractivity (Wildman–Crippen MR) is 65.5 cm³/mol. The number of ether oxygens (including phenoxy) is 1. The Kier molecular flexibility index (Phi) is 4.00. The van der Waals surface area contributed by atoms with Gasteiger partial charge in [-0.25, -0.2) is 9.97 Å². The minimum atomic E-state index is -4.63. The number of nitrogens with one attached hydrogen (secondary N) is 2. The maximum atomic E-state index is 12.7. The summed E-state index contributed by atoms with van der Waals surface area (Å²) in [5.74, 6) is -1.19. The molecule has 0 spiro atoms. The van der Waals surface area contributed by atoms with Crippen LogP contribution in [0.5, 0.6) is 0 Å². The minimum absolute atomic E-state index is 0.00278. The van der Waals surface area contributed by atoms with Crippen LogP contribution in [0.15, 0.2) is 6.07 Å². The molecule has 1 aliphatic heterocycles. The van der Waals surface area contributed by atoms with Gasteiger partial charge in [0, 0.05) is 32.7 Å². The third kappa shape index (κ3) is 3.48. The molecule has 112 valence electrons. The molecule has 0 aromatic carbocycles. The number of alkyl halides is 3. The molecule has 20 heavy (non-hydrogen) atoms. The van der Waals surface area contributed by atoms with Crippen LogP contribution in [0.1, 0.15) is 12.2 Å². The highest BCUT2D eigenvalue weighted by Gasteiger charge is 2.36. The molecule has 2 heterocycles. The Labute approximate surface area is 113 Å². The highest BCUT2D eigenvalue weighted by atomic mass is 19.4. The lowest BCUT2D eigenvalue weighted by atomic mass is 10.0. The van der Waals surface area contributed by atoms with Crippen molar-refractivity contribution >= 4 is 11.6 Å². The molecule has 1 aromatic heterocycles. The van der Waals surface area contributed by atoms with E-state index >= 15 is 0 Å². The zero-order valence-electron chi connectivity index (χ0n) is 10.8. The van der Waals surface area contributed by atoms with Gasteiger partial charge in [0.25, 0.3) is 0 Å². The van der Waals surface area contributed by atoms with Crippen molar-refractivity contribution in [3.63, 3.8) is 0 Å². The summed E-state index contributed by atoms with van der Waals surface area (Å²) in [6, 6.07) is 1.34. The van der Waals surface area contributed by atoms with Crippen LogP contribution < -0.4 is 10.6 Å². The molecule has 0 bridgehead atoms. The van der Waals surface area contributed by atoms with Crippen molar-refractivity contribution in [1.29, 1.82) is 0 Å². The van der Waals surface area contributed by atoms with Crippen LogP contribution in [0.3, 0.4) is 0 Å². The molecule has 1 unspecified atom stereocenters. The monoisotopic (exact) mass is 292 g/mol. The summed E-state index contributed by atoms with van der Waals surface area (Å²) in [7, 11) is 1.46. The first-order chi connectivity index (χ1) is 9.32. The van der Waals surface area contributed by atoms with Gasteiger partial charge < -0.3 is 20.5 Å². The van der Waals surface area contributed by atoms with Crippen LogP contribution >= 0.6 is 0 Å². The molecule has 1 atom stereocenters. The number of hydrogen-bond donors (Lipinski definition) is 3. The first-order valence-corrected chi connectivity index (χ1v) is 6.00. The van der Waals surface area contributed by atoms with Gasteiger partial charge in [0.1, 0.15) is 17.2 Å². The summed E-state index contributed by atoms with van der Waals surface area (Å²) < 4.78 is 43.0. The Hall–Kier alpha value is -1.61. The van der Waals surface area contributed by atoms with Gasteiger partial charge in [-0.1, -0.05) is 0 Å². The van der Waals surface area contributed by atoms with Crippen LogP contribution in [0.25, 0.3) is 0 Å². The molecule has 9 heteroatoms. The topological polar surface area (TPSA) is 79.3 Å². The molecule has 0 amide bonds. The molecule has 0 saturated carbocycles. The van der Waals surface area contributed by atoms with Gasteiger partial charge in [0.15, 0.2) is 0 Å². The third-order valence-corrected chi connectivity index (χ3v) is 2.92. The van der Waals surface area contributed by atoms with E-state index in [-0.39, 0.29) is 24.8 Å². The lowest BCUT2D eigenvalue weighted by Crippen LogP contribution is -2.37. The van der Waals surface area contributed by atoms with Gasteiger partial charge in [-0.05, 0) is 0 Å². The Bertz CT molecular complexity index is 475. The van der Waals surface area contributed by atoms with Crippen LogP contribution in [0, 0.1) is 0 Å². The van der Waals surface area contributed by atoms with Crippen molar-refractivity contribution in [1.82, 2.24) is 9.97 Å². The van der Waals surface area contributed by atoms with E-state index in [1.165, 1.54) is 13.1 Å². The van der Waals surface area contributed by atoms with Crippen molar-refractivity contribution in [2.75, 3.05) is 37.4 Å². The fraction of sp³-hybridized carbons (Fsp3) is 0.636. The number of aromatic nitrogens is 2. The molecule has 6 nitrogen and oxygen atoms in total. The van der Waals surface area contributed by atoms with Crippen LogP contribution in [-0.4, -0.2) is 47.5 Å². The molecule has 0 aliphatic carbocycles. The first-order valence-electron chi connectivity index (χ1n) is 6.00. The van der Waals surface area contributed by atoms with Crippen molar-refractivity contribution in [2.24, 2.45) is 0 Å². The number of aliphatic hydroxyl groups is 1. The second-order valence-electron chi connectivity index (χ2n) is 4.59. The second kappa shape index (κ2) is 5.41. The summed E-state index contributed by atoms with van der Waals surface area (Å²) in [6.07, 6.45) is -4.20. The Morgan fingerprint density at radius 3 is 2.65 bits per heavy atom. The Morgan fingerprint density at radius 2 is 2.10 bits per heavy atom. The average molecular weight is 292 g/mol. The molecule has 2 rings (SSSR count). The van der Waals surface area contributed by atoms with Gasteiger partial charge in [0.2, 0.25) is 5.82 Å². The van der Waals surface area contributed by atoms with Crippen LogP contribution in [0.2, 0.25) is 0 Å². The molecule has 1 aromatic rings. The maximum Gasteiger partial charge on any atom is 0.451 e. The summed E-state index contributed by atoms with van der Waals surface area (Å²) in [6.45, 7) is 0.637. The molecular weight excluding hydrogens is 277 g/mol. The molecule has 0 radical (unpaired) electrons. The summed E-state index contributed by atoms with van der Waals surface area (Å²) >= 11 is 0. The van der Waals surface area contributed by atoms with Gasteiger partial charge >= 0.3 is 6.18 Å². The number of halogens is 3. The van der Waals surface area contributed by atoms with Gasteiger partial charge in [0.05, 0.1) is 6.61 Å². The van der Waals surface area contributed by atoms with Crippen molar-refractivity contribution in [3.8, 4) is 0 Å². The number of rotatable bonds is 4. The van der Waals surface area contributed by atoms with Gasteiger partial charge in [-0.3, -0.25) is 0 Å². The van der Waals surface area contributed by atoms with Crippen molar-refractivity contribution < 1.29 is 23.0 Å². The summed E-state index contributed by atoms with van der Waals surface area (Å²) in [4.78, 5) is 6.75. The van der Waals surface area contributed by atoms with E-state index in [0.29, 0.717) is 13.0 Å². The Balaban J connectivity index is 2.14. The van der Waals surface area contributed by atoms with E-state index in [0.717, 1.165) is 0 Å². The Morgan fingerprint density at radius 1 is 1.40 bits per heavy atom. The maximum absolute atomic E-state index is 12.7. The van der Waals surface area contributed by atoms with E-state index in [1.807, 2.05) is 0 Å². The van der Waals surface area contributed by atoms with E-state index < -0.39 is 17.6 Å². The van der Waals surface area contributed by atoms with E-state index in [2.05, 4.69) is 20.6 Å². The largest absolute Gasteiger partial charge is 0.451 e. The van der Waals surface area contributed by atoms with Crippen LogP contribution in [-0.2, 0) is 10.9 Å². The molecule has 3 N–H and O–H groups in total. The fourth-order valence-electron chi connectivity index (χ4n) is 1.78. The zero-order chi connectivity index (χ0) is 14.8. The molecule has 1 fully saturated rings. The number of hydrogen-bond acceptors (Lipinski definition) is 6. The highest BCUT2D eigenvalue weighted by Crippen LogP contribution is 2.28. The van der Waals surface area contributed by atoms with Gasteiger partial charge in [-0.15, -0.1) is 0 Å². The second-order valence-corrected chi connectivity index (χ2v) is 4.59. The number of nitrogens with zero attached hydrogens (tertiary/aromatic N) is 2. The van der Waals surface area contributed by atoms with Crippen molar-refractivity contribution in [3.05, 3.63) is 11.9 Å². The fourth-order valence-corrected chi connectivity index (χ4v) is 1.78. The van der Waals surface area contributed by atoms with E-state index in [1.54, 1.807) is 0 Å². The zero-order valence-corrected chi connectivity index (χ0v) is 10.8. The van der Waals surface area contributed by atoms with E-state index in [4.69, 9.17) is 4.74 Å². The quantitative estimate of drug-likeness (QED) is 0.771. The molecule has 1 saturated heterocycles. The van der Waals surface area contributed by atoms with Gasteiger partial charge in [-0.2, -0.15) is 13.2 Å². The number of anilines is 2.